The van der Waals surface area contributed by atoms with Gasteiger partial charge in [0.1, 0.15) is 0 Å². The highest BCUT2D eigenvalue weighted by atomic mass is 127. The molecule has 0 saturated heterocycles. The van der Waals surface area contributed by atoms with Gasteiger partial charge in [0.25, 0.3) is 0 Å². The molecule has 0 atom stereocenters. The van der Waals surface area contributed by atoms with E-state index >= 15 is 0 Å². The molecule has 1 aliphatic carbocycles. The molecule has 0 radical (unpaired) electrons. The highest BCUT2D eigenvalue weighted by Gasteiger charge is 2.59. The molecule has 0 amide bonds. The predicted octanol–water partition coefficient (Wildman–Crippen LogP) is 4.37. The minimum absolute atomic E-state index is 0.181. The second kappa shape index (κ2) is 7.61. The number of hydrogen-bond donors (Lipinski definition) is 0. The lowest BCUT2D eigenvalue weighted by Gasteiger charge is -2.29. The summed E-state index contributed by atoms with van der Waals surface area (Å²) in [6.07, 6.45) is 0. The van der Waals surface area contributed by atoms with Crippen LogP contribution in [-0.2, 0) is 24.5 Å². The fourth-order valence-corrected chi connectivity index (χ4v) is 4.56. The van der Waals surface area contributed by atoms with Gasteiger partial charge in [-0.1, -0.05) is 54.6 Å². The first-order valence-electron chi connectivity index (χ1n) is 8.49. The van der Waals surface area contributed by atoms with Gasteiger partial charge >= 0.3 is 11.9 Å². The van der Waals surface area contributed by atoms with Crippen LogP contribution < -0.4 is 0 Å². The summed E-state index contributed by atoms with van der Waals surface area (Å²) in [5.74, 6) is -1.20. The average Bonchev–Trinajstić information content (AvgIpc) is 2.93. The van der Waals surface area contributed by atoms with Gasteiger partial charge in [-0.3, -0.25) is 9.59 Å². The minimum atomic E-state index is -1.61. The largest absolute Gasteiger partial charge is 0.465 e. The smallest absolute Gasteiger partial charge is 0.332 e. The maximum Gasteiger partial charge on any atom is 0.332 e. The van der Waals surface area contributed by atoms with Crippen LogP contribution in [0.3, 0.4) is 0 Å². The van der Waals surface area contributed by atoms with Crippen molar-refractivity contribution in [2.24, 2.45) is 0 Å². The number of hydrogen-bond acceptors (Lipinski definition) is 4. The van der Waals surface area contributed by atoms with Crippen molar-refractivity contribution in [2.75, 3.05) is 13.2 Å². The van der Waals surface area contributed by atoms with Gasteiger partial charge in [0.05, 0.1) is 13.2 Å². The molecule has 2 aromatic carbocycles. The quantitative estimate of drug-likeness (QED) is 0.377. The molecule has 5 heteroatoms. The Hall–Kier alpha value is -2.15. The highest BCUT2D eigenvalue weighted by molar-refractivity contribution is 14.1. The molecule has 0 heterocycles. The van der Waals surface area contributed by atoms with E-state index in [9.17, 15) is 9.59 Å². The van der Waals surface area contributed by atoms with Crippen molar-refractivity contribution in [3.8, 4) is 0 Å². The summed E-state index contributed by atoms with van der Waals surface area (Å²) in [4.78, 5) is 26.4. The zero-order chi connectivity index (χ0) is 18.7. The number of benzene rings is 2. The maximum atomic E-state index is 13.2. The van der Waals surface area contributed by atoms with Gasteiger partial charge in [-0.15, -0.1) is 0 Å². The Balaban J connectivity index is 2.37. The molecule has 0 aliphatic heterocycles. The Labute approximate surface area is 166 Å². The summed E-state index contributed by atoms with van der Waals surface area (Å²) in [6, 6.07) is 16.9. The molecule has 0 bridgehead atoms. The van der Waals surface area contributed by atoms with Crippen LogP contribution in [0.4, 0.5) is 0 Å². The van der Waals surface area contributed by atoms with Gasteiger partial charge < -0.3 is 9.47 Å². The van der Waals surface area contributed by atoms with Crippen molar-refractivity contribution in [2.45, 2.75) is 19.3 Å². The van der Waals surface area contributed by atoms with E-state index in [2.05, 4.69) is 22.6 Å². The van der Waals surface area contributed by atoms with E-state index in [-0.39, 0.29) is 13.2 Å². The Kier molecular flexibility index (Phi) is 5.46. The van der Waals surface area contributed by atoms with Crippen LogP contribution in [0.2, 0.25) is 0 Å². The summed E-state index contributed by atoms with van der Waals surface area (Å²) in [5, 5.41) is 0. The van der Waals surface area contributed by atoms with Crippen LogP contribution in [0.1, 0.15) is 30.5 Å². The second-order valence-electron chi connectivity index (χ2n) is 5.79. The summed E-state index contributed by atoms with van der Waals surface area (Å²) >= 11 is 2.20. The molecule has 0 saturated carbocycles. The van der Waals surface area contributed by atoms with Crippen molar-refractivity contribution < 1.29 is 19.1 Å². The van der Waals surface area contributed by atoms with E-state index in [1.807, 2.05) is 48.5 Å². The fourth-order valence-electron chi connectivity index (χ4n) is 3.37. The van der Waals surface area contributed by atoms with Gasteiger partial charge in [-0.25, -0.2) is 0 Å². The van der Waals surface area contributed by atoms with Gasteiger partial charge in [-0.2, -0.15) is 0 Å². The van der Waals surface area contributed by atoms with Gasteiger partial charge in [-0.05, 0) is 53.1 Å². The van der Waals surface area contributed by atoms with Crippen LogP contribution in [0, 0.1) is 0 Å². The van der Waals surface area contributed by atoms with Crippen molar-refractivity contribution in [1.29, 1.82) is 0 Å². The van der Waals surface area contributed by atoms with Gasteiger partial charge in [0, 0.05) is 9.15 Å². The third-order valence-corrected chi connectivity index (χ3v) is 5.51. The number of fused-ring (bicyclic) bond motifs is 1. The maximum absolute atomic E-state index is 13.2. The SMILES string of the molecule is CCOC(=O)C1(C(=O)OCC)C(c2ccccc2)=C(I)c2ccccc21. The van der Waals surface area contributed by atoms with E-state index in [0.717, 1.165) is 14.7 Å². The first kappa shape index (κ1) is 18.6. The molecule has 1 aliphatic rings. The summed E-state index contributed by atoms with van der Waals surface area (Å²) < 4.78 is 11.6. The Morgan fingerprint density at radius 3 is 2.00 bits per heavy atom. The second-order valence-corrected chi connectivity index (χ2v) is 6.87. The molecule has 26 heavy (non-hydrogen) atoms. The lowest BCUT2D eigenvalue weighted by molar-refractivity contribution is -0.161. The van der Waals surface area contributed by atoms with E-state index < -0.39 is 17.4 Å². The molecular weight excluding hydrogens is 443 g/mol. The van der Waals surface area contributed by atoms with E-state index in [1.165, 1.54) is 0 Å². The topological polar surface area (TPSA) is 52.6 Å². The van der Waals surface area contributed by atoms with Crippen LogP contribution >= 0.6 is 22.6 Å². The first-order valence-corrected chi connectivity index (χ1v) is 9.56. The molecule has 0 unspecified atom stereocenters. The van der Waals surface area contributed by atoms with Crippen LogP contribution in [0.15, 0.2) is 54.6 Å². The Bertz CT molecular complexity index is 853. The third kappa shape index (κ3) is 2.74. The van der Waals surface area contributed by atoms with Crippen molar-refractivity contribution in [3.63, 3.8) is 0 Å². The zero-order valence-electron chi connectivity index (χ0n) is 14.6. The average molecular weight is 462 g/mol. The number of halogens is 1. The van der Waals surface area contributed by atoms with Crippen molar-refractivity contribution in [1.82, 2.24) is 0 Å². The summed E-state index contributed by atoms with van der Waals surface area (Å²) in [7, 11) is 0. The normalized spacial score (nSPS) is 14.7. The Morgan fingerprint density at radius 2 is 1.42 bits per heavy atom. The van der Waals surface area contributed by atoms with Crippen molar-refractivity contribution >= 4 is 43.7 Å². The van der Waals surface area contributed by atoms with E-state index in [1.54, 1.807) is 19.9 Å². The van der Waals surface area contributed by atoms with Crippen LogP contribution in [0.5, 0.6) is 0 Å². The number of rotatable bonds is 5. The molecule has 0 fully saturated rings. The predicted molar refractivity (Wildman–Crippen MR) is 109 cm³/mol. The van der Waals surface area contributed by atoms with Gasteiger partial charge in [0.15, 0.2) is 0 Å². The van der Waals surface area contributed by atoms with E-state index in [0.29, 0.717) is 11.1 Å². The molecule has 0 aromatic heterocycles. The minimum Gasteiger partial charge on any atom is -0.465 e. The first-order chi connectivity index (χ1) is 12.6. The van der Waals surface area contributed by atoms with E-state index in [4.69, 9.17) is 9.47 Å². The fraction of sp³-hybridized carbons (Fsp3) is 0.238. The lowest BCUT2D eigenvalue weighted by Crippen LogP contribution is -2.46. The molecule has 134 valence electrons. The molecule has 0 spiro atoms. The number of esters is 2. The third-order valence-electron chi connectivity index (χ3n) is 4.39. The zero-order valence-corrected chi connectivity index (χ0v) is 16.8. The Morgan fingerprint density at radius 1 is 0.885 bits per heavy atom. The molecule has 0 N–H and O–H groups in total. The number of ether oxygens (including phenoxy) is 2. The lowest BCUT2D eigenvalue weighted by atomic mass is 9.74. The van der Waals surface area contributed by atoms with Gasteiger partial charge in [0.2, 0.25) is 5.41 Å². The highest BCUT2D eigenvalue weighted by Crippen LogP contribution is 2.54. The molecular formula is C21H19IO4. The standard InChI is InChI=1S/C21H19IO4/c1-3-25-19(23)21(20(24)26-4-2)16-13-9-8-12-15(16)18(22)17(21)14-10-6-5-7-11-14/h5-13H,3-4H2,1-2H3. The number of carbonyl (C=O) groups is 2. The monoisotopic (exact) mass is 462 g/mol. The summed E-state index contributed by atoms with van der Waals surface area (Å²) in [6.45, 7) is 3.82. The van der Waals surface area contributed by atoms with Crippen LogP contribution in [-0.4, -0.2) is 25.2 Å². The van der Waals surface area contributed by atoms with Crippen molar-refractivity contribution in [3.05, 3.63) is 71.3 Å². The molecule has 4 nitrogen and oxygen atoms in total. The molecule has 3 rings (SSSR count). The van der Waals surface area contributed by atoms with Crippen LogP contribution in [0.25, 0.3) is 9.15 Å². The summed E-state index contributed by atoms with van der Waals surface area (Å²) in [5.41, 5.74) is 1.28. The number of carbonyl (C=O) groups excluding carboxylic acids is 2. The molecule has 2 aromatic rings.